The van der Waals surface area contributed by atoms with Crippen molar-refractivity contribution in [2.75, 3.05) is 13.1 Å². The van der Waals surface area contributed by atoms with Crippen LogP contribution in [0.2, 0.25) is 0 Å². The fraction of sp³-hybridized carbons (Fsp3) is 0.350. The zero-order valence-corrected chi connectivity index (χ0v) is 14.5. The van der Waals surface area contributed by atoms with Crippen LogP contribution < -0.4 is 0 Å². The van der Waals surface area contributed by atoms with Gasteiger partial charge in [0.15, 0.2) is 11.5 Å². The lowest BCUT2D eigenvalue weighted by Crippen LogP contribution is -2.33. The van der Waals surface area contributed by atoms with Crippen LogP contribution >= 0.6 is 0 Å². The van der Waals surface area contributed by atoms with Gasteiger partial charge in [0.25, 0.3) is 0 Å². The zero-order valence-electron chi connectivity index (χ0n) is 14.5. The summed E-state index contributed by atoms with van der Waals surface area (Å²) in [5.74, 6) is 0.692. The van der Waals surface area contributed by atoms with E-state index in [-0.39, 0.29) is 0 Å². The molecule has 0 unspecified atom stereocenters. The largest absolute Gasteiger partial charge is 0.439 e. The third kappa shape index (κ3) is 3.01. The molecule has 0 atom stereocenters. The van der Waals surface area contributed by atoms with Crippen LogP contribution in [0.1, 0.15) is 34.0 Å². The zero-order chi connectivity index (χ0) is 17.4. The highest BCUT2D eigenvalue weighted by atomic mass is 16.3. The van der Waals surface area contributed by atoms with E-state index in [4.69, 9.17) is 14.7 Å². The standard InChI is InChI=1S/C20H20N4O/c1-13-10-14(2)22-18-12-24(8-6-16(13)18)9-7-19-23-17-5-3-4-15(11-21)20(17)25-19/h3-5,10H,6-9,12H2,1-2H3. The van der Waals surface area contributed by atoms with E-state index in [0.29, 0.717) is 17.0 Å². The monoisotopic (exact) mass is 332 g/mol. The fourth-order valence-corrected chi connectivity index (χ4v) is 3.61. The number of fused-ring (bicyclic) bond motifs is 2. The first kappa shape index (κ1) is 15.8. The highest BCUT2D eigenvalue weighted by molar-refractivity contribution is 5.78. The molecule has 0 N–H and O–H groups in total. The van der Waals surface area contributed by atoms with Crippen molar-refractivity contribution in [3.63, 3.8) is 0 Å². The number of hydrogen-bond acceptors (Lipinski definition) is 5. The van der Waals surface area contributed by atoms with Crippen molar-refractivity contribution in [3.8, 4) is 6.07 Å². The van der Waals surface area contributed by atoms with Crippen LogP contribution in [-0.4, -0.2) is 28.0 Å². The highest BCUT2D eigenvalue weighted by Gasteiger charge is 2.20. The van der Waals surface area contributed by atoms with Crippen molar-refractivity contribution in [2.45, 2.75) is 33.2 Å². The molecular weight excluding hydrogens is 312 g/mol. The Morgan fingerprint density at radius 2 is 2.16 bits per heavy atom. The van der Waals surface area contributed by atoms with Crippen LogP contribution in [0.5, 0.6) is 0 Å². The third-order valence-electron chi connectivity index (χ3n) is 4.83. The number of pyridine rings is 1. The van der Waals surface area contributed by atoms with Crippen LogP contribution in [0.25, 0.3) is 11.1 Å². The Balaban J connectivity index is 1.48. The summed E-state index contributed by atoms with van der Waals surface area (Å²) in [6, 6.07) is 9.81. The second-order valence-corrected chi connectivity index (χ2v) is 6.66. The molecule has 0 spiro atoms. The number of nitrogens with zero attached hydrogens (tertiary/aromatic N) is 4. The van der Waals surface area contributed by atoms with Crippen LogP contribution in [0.15, 0.2) is 28.7 Å². The van der Waals surface area contributed by atoms with Gasteiger partial charge in [-0.05, 0) is 49.6 Å². The Labute approximate surface area is 146 Å². The molecule has 3 heterocycles. The van der Waals surface area contributed by atoms with Crippen molar-refractivity contribution < 1.29 is 4.42 Å². The van der Waals surface area contributed by atoms with E-state index < -0.39 is 0 Å². The molecule has 0 saturated heterocycles. The Bertz CT molecular complexity index is 983. The summed E-state index contributed by atoms with van der Waals surface area (Å²) < 4.78 is 5.81. The smallest absolute Gasteiger partial charge is 0.196 e. The predicted octanol–water partition coefficient (Wildman–Crippen LogP) is 3.31. The maximum Gasteiger partial charge on any atom is 0.196 e. The van der Waals surface area contributed by atoms with Gasteiger partial charge in [0.05, 0.1) is 11.3 Å². The molecule has 0 aliphatic carbocycles. The van der Waals surface area contributed by atoms with E-state index in [1.807, 2.05) is 12.1 Å². The minimum Gasteiger partial charge on any atom is -0.439 e. The summed E-state index contributed by atoms with van der Waals surface area (Å²) in [5.41, 5.74) is 6.93. The van der Waals surface area contributed by atoms with E-state index in [0.717, 1.165) is 43.7 Å². The summed E-state index contributed by atoms with van der Waals surface area (Å²) in [6.45, 7) is 7.01. The van der Waals surface area contributed by atoms with Crippen molar-refractivity contribution >= 4 is 11.1 Å². The molecule has 0 saturated carbocycles. The summed E-state index contributed by atoms with van der Waals surface area (Å²) >= 11 is 0. The first-order chi connectivity index (χ1) is 12.1. The van der Waals surface area contributed by atoms with Gasteiger partial charge >= 0.3 is 0 Å². The molecule has 0 bridgehead atoms. The van der Waals surface area contributed by atoms with Crippen LogP contribution in [-0.2, 0) is 19.4 Å². The molecular formula is C20H20N4O. The number of rotatable bonds is 3. The maximum atomic E-state index is 9.16. The van der Waals surface area contributed by atoms with Gasteiger partial charge in [-0.2, -0.15) is 5.26 Å². The van der Waals surface area contributed by atoms with Gasteiger partial charge in [-0.3, -0.25) is 9.88 Å². The van der Waals surface area contributed by atoms with Gasteiger partial charge < -0.3 is 4.42 Å². The lowest BCUT2D eigenvalue weighted by molar-refractivity contribution is 0.246. The Hall–Kier alpha value is -2.71. The number of benzene rings is 1. The number of nitriles is 1. The van der Waals surface area contributed by atoms with E-state index in [9.17, 15) is 0 Å². The molecule has 0 radical (unpaired) electrons. The molecule has 1 aliphatic heterocycles. The molecule has 1 aromatic carbocycles. The molecule has 25 heavy (non-hydrogen) atoms. The van der Waals surface area contributed by atoms with Gasteiger partial charge in [-0.15, -0.1) is 0 Å². The lowest BCUT2D eigenvalue weighted by atomic mass is 9.99. The van der Waals surface area contributed by atoms with E-state index >= 15 is 0 Å². The molecule has 1 aliphatic rings. The summed E-state index contributed by atoms with van der Waals surface area (Å²) in [7, 11) is 0. The van der Waals surface area contributed by atoms with Gasteiger partial charge in [-0.1, -0.05) is 6.07 Å². The summed E-state index contributed by atoms with van der Waals surface area (Å²) in [6.07, 6.45) is 1.78. The number of oxazole rings is 1. The summed E-state index contributed by atoms with van der Waals surface area (Å²) in [5, 5.41) is 9.16. The van der Waals surface area contributed by atoms with E-state index in [1.165, 1.54) is 16.8 Å². The van der Waals surface area contributed by atoms with E-state index in [1.54, 1.807) is 6.07 Å². The molecule has 5 heteroatoms. The highest BCUT2D eigenvalue weighted by Crippen LogP contribution is 2.23. The minimum absolute atomic E-state index is 0.540. The Kier molecular flexibility index (Phi) is 3.98. The minimum atomic E-state index is 0.540. The average Bonchev–Trinajstić information content (AvgIpc) is 3.02. The fourth-order valence-electron chi connectivity index (χ4n) is 3.61. The predicted molar refractivity (Wildman–Crippen MR) is 95.1 cm³/mol. The van der Waals surface area contributed by atoms with Gasteiger partial charge in [0.1, 0.15) is 11.6 Å². The Morgan fingerprint density at radius 3 is 3.00 bits per heavy atom. The molecule has 3 aromatic rings. The van der Waals surface area contributed by atoms with Gasteiger partial charge in [0.2, 0.25) is 0 Å². The molecule has 0 amide bonds. The second-order valence-electron chi connectivity index (χ2n) is 6.66. The quantitative estimate of drug-likeness (QED) is 0.736. The van der Waals surface area contributed by atoms with Crippen molar-refractivity contribution in [1.29, 1.82) is 5.26 Å². The van der Waals surface area contributed by atoms with Crippen LogP contribution in [0, 0.1) is 25.2 Å². The normalized spacial score (nSPS) is 14.4. The van der Waals surface area contributed by atoms with Crippen molar-refractivity contribution in [1.82, 2.24) is 14.9 Å². The number of hydrogen-bond donors (Lipinski definition) is 0. The van der Waals surface area contributed by atoms with E-state index in [2.05, 4.69) is 35.9 Å². The molecule has 4 rings (SSSR count). The van der Waals surface area contributed by atoms with Crippen LogP contribution in [0.3, 0.4) is 0 Å². The maximum absolute atomic E-state index is 9.16. The first-order valence-corrected chi connectivity index (χ1v) is 8.61. The number of aryl methyl sites for hydroxylation is 2. The first-order valence-electron chi connectivity index (χ1n) is 8.61. The van der Waals surface area contributed by atoms with Crippen molar-refractivity contribution in [3.05, 3.63) is 58.2 Å². The SMILES string of the molecule is Cc1cc(C)c2c(n1)CN(CCc1nc3cccc(C#N)c3o1)CC2. The molecule has 5 nitrogen and oxygen atoms in total. The molecule has 2 aromatic heterocycles. The third-order valence-corrected chi connectivity index (χ3v) is 4.83. The van der Waals surface area contributed by atoms with Gasteiger partial charge in [0, 0.05) is 31.7 Å². The van der Waals surface area contributed by atoms with Crippen molar-refractivity contribution in [2.24, 2.45) is 0 Å². The number of aromatic nitrogens is 2. The second kappa shape index (κ2) is 6.30. The van der Waals surface area contributed by atoms with Crippen LogP contribution in [0.4, 0.5) is 0 Å². The molecule has 126 valence electrons. The van der Waals surface area contributed by atoms with Gasteiger partial charge in [-0.25, -0.2) is 4.98 Å². The average molecular weight is 332 g/mol. The Morgan fingerprint density at radius 1 is 1.28 bits per heavy atom. The topological polar surface area (TPSA) is 66.0 Å². The number of para-hydroxylation sites is 1. The molecule has 0 fully saturated rings. The summed E-state index contributed by atoms with van der Waals surface area (Å²) in [4.78, 5) is 11.6. The lowest BCUT2D eigenvalue weighted by Gasteiger charge is -2.28.